The molecular formula is C18H25N4O2S+. The van der Waals surface area contributed by atoms with E-state index < -0.39 is 0 Å². The third kappa shape index (κ3) is 2.95. The average Bonchev–Trinajstić information content (AvgIpc) is 3.17. The fourth-order valence-corrected chi connectivity index (χ4v) is 5.39. The Labute approximate surface area is 151 Å². The number of rotatable bonds is 3. The van der Waals surface area contributed by atoms with Gasteiger partial charge in [0.2, 0.25) is 10.8 Å². The van der Waals surface area contributed by atoms with Gasteiger partial charge in [-0.2, -0.15) is 4.52 Å². The van der Waals surface area contributed by atoms with Crippen LogP contribution in [0, 0.1) is 25.7 Å². The SMILES string of the molecule is Cc1nc2sc([C@H](c3ccc(C)o3)[NH+]3C[C@@H](C)C[C@H](C)C3)c(O)n2n1. The predicted octanol–water partition coefficient (Wildman–Crippen LogP) is 2.36. The molecule has 0 saturated carbocycles. The van der Waals surface area contributed by atoms with E-state index in [1.807, 2.05) is 26.0 Å². The Morgan fingerprint density at radius 1 is 1.28 bits per heavy atom. The molecule has 0 amide bonds. The minimum absolute atomic E-state index is 0.0206. The maximum atomic E-state index is 10.8. The van der Waals surface area contributed by atoms with E-state index in [-0.39, 0.29) is 11.9 Å². The summed E-state index contributed by atoms with van der Waals surface area (Å²) in [6.07, 6.45) is 1.26. The normalized spacial score (nSPS) is 25.5. The Balaban J connectivity index is 1.81. The van der Waals surface area contributed by atoms with Gasteiger partial charge in [0.15, 0.2) is 11.8 Å². The van der Waals surface area contributed by atoms with Crippen molar-refractivity contribution in [1.82, 2.24) is 14.6 Å². The van der Waals surface area contributed by atoms with Gasteiger partial charge in [0.1, 0.15) is 16.5 Å². The standard InChI is InChI=1S/C18H24N4O2S/c1-10-7-11(2)9-21(8-10)15(14-6-5-12(3)24-14)16-17(23)22-18(25-16)19-13(4)20-22/h5-6,10-11,15,23H,7-9H2,1-4H3/p+1/t10-,11-,15-/m0/s1. The van der Waals surface area contributed by atoms with Crippen molar-refractivity contribution in [3.63, 3.8) is 0 Å². The largest absolute Gasteiger partial charge is 0.492 e. The molecule has 134 valence electrons. The van der Waals surface area contributed by atoms with Gasteiger partial charge in [-0.15, -0.1) is 5.10 Å². The minimum Gasteiger partial charge on any atom is -0.492 e. The molecular weight excluding hydrogens is 336 g/mol. The highest BCUT2D eigenvalue weighted by atomic mass is 32.1. The van der Waals surface area contributed by atoms with Crippen molar-refractivity contribution in [2.45, 2.75) is 40.2 Å². The van der Waals surface area contributed by atoms with Gasteiger partial charge in [0.25, 0.3) is 0 Å². The number of aryl methyl sites for hydroxylation is 2. The third-order valence-electron chi connectivity index (χ3n) is 5.05. The molecule has 1 aliphatic rings. The van der Waals surface area contributed by atoms with Crippen molar-refractivity contribution in [2.75, 3.05) is 13.1 Å². The third-order valence-corrected chi connectivity index (χ3v) is 6.13. The fraction of sp³-hybridized carbons (Fsp3) is 0.556. The maximum Gasteiger partial charge on any atom is 0.235 e. The van der Waals surface area contributed by atoms with E-state index in [1.54, 1.807) is 4.52 Å². The monoisotopic (exact) mass is 361 g/mol. The van der Waals surface area contributed by atoms with Crippen molar-refractivity contribution < 1.29 is 14.4 Å². The summed E-state index contributed by atoms with van der Waals surface area (Å²) in [6, 6.07) is 4.02. The molecule has 0 spiro atoms. The quantitative estimate of drug-likeness (QED) is 0.751. The lowest BCUT2D eigenvalue weighted by atomic mass is 9.90. The van der Waals surface area contributed by atoms with Crippen LogP contribution in [0.2, 0.25) is 0 Å². The van der Waals surface area contributed by atoms with E-state index in [9.17, 15) is 5.11 Å². The molecule has 25 heavy (non-hydrogen) atoms. The van der Waals surface area contributed by atoms with Crippen LogP contribution in [0.25, 0.3) is 4.96 Å². The molecule has 3 atom stereocenters. The number of nitrogens with zero attached hydrogens (tertiary/aromatic N) is 3. The van der Waals surface area contributed by atoms with E-state index in [0.29, 0.717) is 17.7 Å². The van der Waals surface area contributed by atoms with Gasteiger partial charge < -0.3 is 14.4 Å². The summed E-state index contributed by atoms with van der Waals surface area (Å²) in [6.45, 7) is 10.6. The van der Waals surface area contributed by atoms with E-state index in [0.717, 1.165) is 34.4 Å². The molecule has 0 unspecified atom stereocenters. The lowest BCUT2D eigenvalue weighted by molar-refractivity contribution is -0.937. The Hall–Kier alpha value is -1.86. The molecule has 3 aromatic rings. The second-order valence-electron chi connectivity index (χ2n) is 7.54. The Kier molecular flexibility index (Phi) is 4.08. The molecule has 2 N–H and O–H groups in total. The van der Waals surface area contributed by atoms with Crippen LogP contribution in [0.3, 0.4) is 0 Å². The molecule has 3 aromatic heterocycles. The molecule has 7 heteroatoms. The Morgan fingerprint density at radius 2 is 2.00 bits per heavy atom. The minimum atomic E-state index is -0.0206. The van der Waals surface area contributed by atoms with Gasteiger partial charge in [-0.1, -0.05) is 25.2 Å². The lowest BCUT2D eigenvalue weighted by Gasteiger charge is -2.35. The number of fused-ring (bicyclic) bond motifs is 1. The summed E-state index contributed by atoms with van der Waals surface area (Å²) < 4.78 is 7.55. The molecule has 6 nitrogen and oxygen atoms in total. The number of aromatic hydroxyl groups is 1. The summed E-state index contributed by atoms with van der Waals surface area (Å²) in [5.41, 5.74) is 0. The number of likely N-dealkylation sites (tertiary alicyclic amines) is 1. The summed E-state index contributed by atoms with van der Waals surface area (Å²) >= 11 is 1.51. The van der Waals surface area contributed by atoms with Crippen molar-refractivity contribution in [3.05, 3.63) is 34.4 Å². The Bertz CT molecular complexity index is 886. The number of nitrogens with one attached hydrogen (secondary N) is 1. The predicted molar refractivity (Wildman–Crippen MR) is 96.2 cm³/mol. The fourth-order valence-electron chi connectivity index (χ4n) is 4.23. The number of quaternary nitrogens is 1. The van der Waals surface area contributed by atoms with Gasteiger partial charge in [-0.05, 0) is 32.4 Å². The number of hydrogen-bond acceptors (Lipinski definition) is 5. The first-order valence-electron chi connectivity index (χ1n) is 8.88. The summed E-state index contributed by atoms with van der Waals surface area (Å²) in [5.74, 6) is 3.98. The van der Waals surface area contributed by atoms with Crippen LogP contribution >= 0.6 is 11.3 Å². The van der Waals surface area contributed by atoms with Crippen LogP contribution in [0.1, 0.15) is 48.5 Å². The van der Waals surface area contributed by atoms with Gasteiger partial charge in [-0.25, -0.2) is 4.98 Å². The molecule has 4 heterocycles. The molecule has 0 aliphatic carbocycles. The van der Waals surface area contributed by atoms with Crippen LogP contribution in [0.4, 0.5) is 0 Å². The number of aromatic nitrogens is 3. The highest BCUT2D eigenvalue weighted by molar-refractivity contribution is 7.17. The molecule has 1 aliphatic heterocycles. The van der Waals surface area contributed by atoms with Crippen molar-refractivity contribution >= 4 is 16.3 Å². The second-order valence-corrected chi connectivity index (χ2v) is 8.55. The number of furan rings is 1. The van der Waals surface area contributed by atoms with Gasteiger partial charge in [-0.3, -0.25) is 0 Å². The lowest BCUT2D eigenvalue weighted by Crippen LogP contribution is -3.14. The average molecular weight is 361 g/mol. The van der Waals surface area contributed by atoms with E-state index in [1.165, 1.54) is 22.7 Å². The van der Waals surface area contributed by atoms with Crippen molar-refractivity contribution in [1.29, 1.82) is 0 Å². The van der Waals surface area contributed by atoms with Crippen molar-refractivity contribution in [3.8, 4) is 5.88 Å². The highest BCUT2D eigenvalue weighted by Gasteiger charge is 2.38. The van der Waals surface area contributed by atoms with Gasteiger partial charge in [0.05, 0.1) is 13.1 Å². The molecule has 4 rings (SSSR count). The van der Waals surface area contributed by atoms with Gasteiger partial charge >= 0.3 is 0 Å². The van der Waals surface area contributed by atoms with Crippen LogP contribution in [0.5, 0.6) is 5.88 Å². The van der Waals surface area contributed by atoms with Gasteiger partial charge in [0, 0.05) is 11.8 Å². The summed E-state index contributed by atoms with van der Waals surface area (Å²) in [4.78, 5) is 7.48. The zero-order chi connectivity index (χ0) is 17.7. The summed E-state index contributed by atoms with van der Waals surface area (Å²) in [7, 11) is 0. The number of hydrogen-bond donors (Lipinski definition) is 2. The maximum absolute atomic E-state index is 10.8. The second kappa shape index (κ2) is 6.14. The van der Waals surface area contributed by atoms with E-state index >= 15 is 0 Å². The summed E-state index contributed by atoms with van der Waals surface area (Å²) in [5, 5.41) is 15.1. The van der Waals surface area contributed by atoms with Crippen LogP contribution in [-0.2, 0) is 0 Å². The van der Waals surface area contributed by atoms with Crippen LogP contribution in [-0.4, -0.2) is 32.8 Å². The van der Waals surface area contributed by atoms with Crippen LogP contribution < -0.4 is 4.90 Å². The number of piperidine rings is 1. The van der Waals surface area contributed by atoms with Crippen LogP contribution in [0.15, 0.2) is 16.5 Å². The first kappa shape index (κ1) is 16.6. The van der Waals surface area contributed by atoms with E-state index in [4.69, 9.17) is 4.42 Å². The highest BCUT2D eigenvalue weighted by Crippen LogP contribution is 2.36. The smallest absolute Gasteiger partial charge is 0.235 e. The topological polar surface area (TPSA) is 68.0 Å². The van der Waals surface area contributed by atoms with E-state index in [2.05, 4.69) is 23.9 Å². The molecule has 0 radical (unpaired) electrons. The zero-order valence-corrected chi connectivity index (χ0v) is 15.9. The zero-order valence-electron chi connectivity index (χ0n) is 15.1. The number of thiazole rings is 1. The Morgan fingerprint density at radius 3 is 2.60 bits per heavy atom. The first-order chi connectivity index (χ1) is 11.9. The molecule has 1 fully saturated rings. The molecule has 0 aromatic carbocycles. The molecule has 1 saturated heterocycles. The van der Waals surface area contributed by atoms with Crippen molar-refractivity contribution in [2.24, 2.45) is 11.8 Å². The first-order valence-corrected chi connectivity index (χ1v) is 9.70. The molecule has 0 bridgehead atoms.